The third-order valence-corrected chi connectivity index (χ3v) is 4.31. The molecular formula is C14H16N2S. The van der Waals surface area contributed by atoms with Gasteiger partial charge in [-0.3, -0.25) is 0 Å². The number of anilines is 1. The van der Waals surface area contributed by atoms with Crippen LogP contribution in [-0.2, 0) is 5.41 Å². The summed E-state index contributed by atoms with van der Waals surface area (Å²) in [5.74, 6) is 0. The summed E-state index contributed by atoms with van der Waals surface area (Å²) in [6.45, 7) is 3.09. The van der Waals surface area contributed by atoms with Crippen LogP contribution >= 0.6 is 11.3 Å². The van der Waals surface area contributed by atoms with Gasteiger partial charge in [-0.05, 0) is 25.3 Å². The zero-order chi connectivity index (χ0) is 11.7. The van der Waals surface area contributed by atoms with E-state index in [4.69, 9.17) is 0 Å². The third-order valence-electron chi connectivity index (χ3n) is 3.44. The van der Waals surface area contributed by atoms with E-state index in [2.05, 4.69) is 47.6 Å². The van der Waals surface area contributed by atoms with Crippen LogP contribution < -0.4 is 5.32 Å². The summed E-state index contributed by atoms with van der Waals surface area (Å²) in [6, 6.07) is 10.8. The molecule has 2 nitrogen and oxygen atoms in total. The Balaban J connectivity index is 1.69. The van der Waals surface area contributed by atoms with Crippen molar-refractivity contribution in [2.75, 3.05) is 11.9 Å². The molecule has 88 valence electrons. The minimum absolute atomic E-state index is 0.362. The highest BCUT2D eigenvalue weighted by Crippen LogP contribution is 2.48. The molecule has 0 unspecified atom stereocenters. The number of aromatic nitrogens is 1. The van der Waals surface area contributed by atoms with Crippen molar-refractivity contribution in [3.63, 3.8) is 0 Å². The van der Waals surface area contributed by atoms with Gasteiger partial charge in [0.05, 0.1) is 0 Å². The first-order valence-corrected chi connectivity index (χ1v) is 6.82. The highest BCUT2D eigenvalue weighted by Gasteiger charge is 2.43. The molecule has 1 aromatic heterocycles. The molecule has 0 atom stereocenters. The minimum atomic E-state index is 0.362. The number of hydrogen-bond acceptors (Lipinski definition) is 3. The van der Waals surface area contributed by atoms with E-state index >= 15 is 0 Å². The van der Waals surface area contributed by atoms with Crippen LogP contribution in [0.3, 0.4) is 0 Å². The summed E-state index contributed by atoms with van der Waals surface area (Å²) in [5, 5.41) is 4.52. The highest BCUT2D eigenvalue weighted by atomic mass is 32.1. The number of benzene rings is 1. The summed E-state index contributed by atoms with van der Waals surface area (Å²) in [7, 11) is 0. The maximum absolute atomic E-state index is 4.35. The van der Waals surface area contributed by atoms with Crippen molar-refractivity contribution in [3.05, 3.63) is 47.0 Å². The molecule has 3 heteroatoms. The Morgan fingerprint density at radius 2 is 2.06 bits per heavy atom. The fourth-order valence-electron chi connectivity index (χ4n) is 2.19. The van der Waals surface area contributed by atoms with Gasteiger partial charge in [0.2, 0.25) is 0 Å². The Morgan fingerprint density at radius 3 is 2.65 bits per heavy atom. The topological polar surface area (TPSA) is 24.9 Å². The maximum Gasteiger partial charge on any atom is 0.182 e. The molecule has 0 aliphatic heterocycles. The quantitative estimate of drug-likeness (QED) is 0.889. The molecule has 3 rings (SSSR count). The van der Waals surface area contributed by atoms with E-state index in [1.54, 1.807) is 11.3 Å². The van der Waals surface area contributed by atoms with Gasteiger partial charge in [-0.2, -0.15) is 0 Å². The number of nitrogens with zero attached hydrogens (tertiary/aromatic N) is 1. The lowest BCUT2D eigenvalue weighted by molar-refractivity contribution is 0.732. The average molecular weight is 244 g/mol. The lowest BCUT2D eigenvalue weighted by Crippen LogP contribution is -2.19. The van der Waals surface area contributed by atoms with Gasteiger partial charge in [0.25, 0.3) is 0 Å². The molecule has 0 saturated heterocycles. The highest BCUT2D eigenvalue weighted by molar-refractivity contribution is 7.15. The van der Waals surface area contributed by atoms with E-state index in [-0.39, 0.29) is 0 Å². The van der Waals surface area contributed by atoms with Crippen LogP contribution in [0, 0.1) is 6.92 Å². The molecule has 1 heterocycles. The van der Waals surface area contributed by atoms with E-state index in [0.29, 0.717) is 5.41 Å². The first kappa shape index (κ1) is 10.8. The monoisotopic (exact) mass is 244 g/mol. The van der Waals surface area contributed by atoms with E-state index in [0.717, 1.165) is 11.7 Å². The zero-order valence-corrected chi connectivity index (χ0v) is 10.8. The van der Waals surface area contributed by atoms with Crippen LogP contribution in [0.5, 0.6) is 0 Å². The van der Waals surface area contributed by atoms with Gasteiger partial charge in [-0.25, -0.2) is 4.98 Å². The molecule has 17 heavy (non-hydrogen) atoms. The Morgan fingerprint density at radius 1 is 1.29 bits per heavy atom. The van der Waals surface area contributed by atoms with E-state index in [9.17, 15) is 0 Å². The number of thiazole rings is 1. The normalized spacial score (nSPS) is 16.8. The minimum Gasteiger partial charge on any atom is -0.361 e. The van der Waals surface area contributed by atoms with Crippen molar-refractivity contribution < 1.29 is 0 Å². The van der Waals surface area contributed by atoms with Crippen molar-refractivity contribution >= 4 is 16.5 Å². The second-order valence-corrected chi connectivity index (χ2v) is 6.01. The molecule has 1 N–H and O–H groups in total. The number of nitrogens with one attached hydrogen (secondary N) is 1. The molecule has 1 aromatic carbocycles. The molecule has 0 spiro atoms. The number of aryl methyl sites for hydroxylation is 1. The Bertz CT molecular complexity index is 500. The summed E-state index contributed by atoms with van der Waals surface area (Å²) in [5.41, 5.74) is 1.82. The van der Waals surface area contributed by atoms with Crippen LogP contribution in [0.2, 0.25) is 0 Å². The largest absolute Gasteiger partial charge is 0.361 e. The third kappa shape index (κ3) is 2.20. The van der Waals surface area contributed by atoms with Crippen molar-refractivity contribution in [3.8, 4) is 0 Å². The van der Waals surface area contributed by atoms with Gasteiger partial charge < -0.3 is 5.32 Å². The summed E-state index contributed by atoms with van der Waals surface area (Å²) < 4.78 is 0. The molecular weight excluding hydrogens is 228 g/mol. The van der Waals surface area contributed by atoms with Crippen LogP contribution in [0.25, 0.3) is 0 Å². The number of hydrogen-bond donors (Lipinski definition) is 1. The lowest BCUT2D eigenvalue weighted by Gasteiger charge is -2.15. The Labute approximate surface area is 106 Å². The van der Waals surface area contributed by atoms with Crippen LogP contribution in [0.15, 0.2) is 36.5 Å². The summed E-state index contributed by atoms with van der Waals surface area (Å²) in [4.78, 5) is 5.61. The predicted octanol–water partition coefficient (Wildman–Crippen LogP) is 3.60. The molecule has 1 aliphatic rings. The Kier molecular flexibility index (Phi) is 2.63. The van der Waals surface area contributed by atoms with Crippen LogP contribution in [0.1, 0.15) is 23.3 Å². The first-order valence-electron chi connectivity index (χ1n) is 6.00. The fraction of sp³-hybridized carbons (Fsp3) is 0.357. The lowest BCUT2D eigenvalue weighted by atomic mass is 9.96. The van der Waals surface area contributed by atoms with Gasteiger partial charge in [-0.15, -0.1) is 11.3 Å². The maximum atomic E-state index is 4.35. The van der Waals surface area contributed by atoms with Gasteiger partial charge in [0.1, 0.15) is 0 Å². The zero-order valence-electron chi connectivity index (χ0n) is 9.94. The molecule has 1 saturated carbocycles. The number of rotatable bonds is 4. The van der Waals surface area contributed by atoms with Gasteiger partial charge >= 0.3 is 0 Å². The van der Waals surface area contributed by atoms with Gasteiger partial charge in [-0.1, -0.05) is 30.3 Å². The SMILES string of the molecule is Cc1cnc(NCC2(c3ccccc3)CC2)s1. The summed E-state index contributed by atoms with van der Waals surface area (Å²) in [6.07, 6.45) is 4.50. The molecule has 0 amide bonds. The van der Waals surface area contributed by atoms with E-state index in [1.165, 1.54) is 23.3 Å². The molecule has 0 bridgehead atoms. The van der Waals surface area contributed by atoms with E-state index in [1.807, 2.05) is 6.20 Å². The summed E-state index contributed by atoms with van der Waals surface area (Å²) >= 11 is 1.73. The van der Waals surface area contributed by atoms with Crippen LogP contribution in [-0.4, -0.2) is 11.5 Å². The van der Waals surface area contributed by atoms with Gasteiger partial charge in [0, 0.05) is 23.0 Å². The van der Waals surface area contributed by atoms with Crippen LogP contribution in [0.4, 0.5) is 5.13 Å². The predicted molar refractivity (Wildman–Crippen MR) is 72.7 cm³/mol. The van der Waals surface area contributed by atoms with E-state index < -0.39 is 0 Å². The molecule has 1 fully saturated rings. The first-order chi connectivity index (χ1) is 8.28. The molecule has 2 aromatic rings. The smallest absolute Gasteiger partial charge is 0.182 e. The fourth-order valence-corrected chi connectivity index (χ4v) is 2.85. The molecule has 1 aliphatic carbocycles. The van der Waals surface area contributed by atoms with Gasteiger partial charge in [0.15, 0.2) is 5.13 Å². The van der Waals surface area contributed by atoms with Crippen molar-refractivity contribution in [1.29, 1.82) is 0 Å². The van der Waals surface area contributed by atoms with Crippen molar-refractivity contribution in [2.24, 2.45) is 0 Å². The molecule has 0 radical (unpaired) electrons. The Hall–Kier alpha value is -1.35. The second-order valence-electron chi connectivity index (χ2n) is 4.78. The standard InChI is InChI=1S/C14H16N2S/c1-11-9-15-13(17-11)16-10-14(7-8-14)12-5-3-2-4-6-12/h2-6,9H,7-8,10H2,1H3,(H,15,16). The second kappa shape index (κ2) is 4.15. The van der Waals surface area contributed by atoms with Crippen molar-refractivity contribution in [2.45, 2.75) is 25.2 Å². The van der Waals surface area contributed by atoms with Crippen molar-refractivity contribution in [1.82, 2.24) is 4.98 Å². The average Bonchev–Trinajstić information content (AvgIpc) is 3.05.